The summed E-state index contributed by atoms with van der Waals surface area (Å²) in [6, 6.07) is 10.3. The third-order valence-corrected chi connectivity index (χ3v) is 3.29. The predicted octanol–water partition coefficient (Wildman–Crippen LogP) is 2.67. The van der Waals surface area contributed by atoms with E-state index >= 15 is 0 Å². The van der Waals surface area contributed by atoms with Gasteiger partial charge < -0.3 is 14.2 Å². The molecule has 3 rings (SSSR count). The number of hydrogen-bond acceptors (Lipinski definition) is 3. The third-order valence-electron chi connectivity index (χ3n) is 3.29. The summed E-state index contributed by atoms with van der Waals surface area (Å²) in [5.41, 5.74) is 1.24. The lowest BCUT2D eigenvalue weighted by molar-refractivity contribution is -0.164. The highest BCUT2D eigenvalue weighted by molar-refractivity contribution is 5.22. The van der Waals surface area contributed by atoms with Crippen LogP contribution in [0.5, 0.6) is 0 Å². The minimum Gasteiger partial charge on any atom is -0.362 e. The van der Waals surface area contributed by atoms with Gasteiger partial charge in [-0.05, 0) is 24.8 Å². The van der Waals surface area contributed by atoms with Gasteiger partial charge in [-0.2, -0.15) is 0 Å². The van der Waals surface area contributed by atoms with Crippen LogP contribution < -0.4 is 0 Å². The first kappa shape index (κ1) is 11.2. The van der Waals surface area contributed by atoms with E-state index in [1.807, 2.05) is 18.2 Å². The molecular weight excluding hydrogens is 216 g/mol. The molecule has 2 aliphatic heterocycles. The molecule has 3 heteroatoms. The Balaban J connectivity index is 1.43. The van der Waals surface area contributed by atoms with Crippen LogP contribution in [0, 0.1) is 0 Å². The van der Waals surface area contributed by atoms with Crippen molar-refractivity contribution in [2.24, 2.45) is 0 Å². The van der Waals surface area contributed by atoms with Crippen LogP contribution in [0.1, 0.15) is 30.9 Å². The molecule has 0 spiro atoms. The van der Waals surface area contributed by atoms with Crippen LogP contribution in [-0.4, -0.2) is 25.6 Å². The summed E-state index contributed by atoms with van der Waals surface area (Å²) in [7, 11) is 0. The molecule has 0 aromatic heterocycles. The molecule has 2 aliphatic rings. The van der Waals surface area contributed by atoms with Crippen LogP contribution in [0.4, 0.5) is 0 Å². The summed E-state index contributed by atoms with van der Waals surface area (Å²) in [5, 5.41) is 0. The fourth-order valence-electron chi connectivity index (χ4n) is 2.25. The molecule has 1 unspecified atom stereocenters. The maximum absolute atomic E-state index is 5.71. The fourth-order valence-corrected chi connectivity index (χ4v) is 2.25. The summed E-state index contributed by atoms with van der Waals surface area (Å²) in [6.45, 7) is 1.47. The Morgan fingerprint density at radius 3 is 2.82 bits per heavy atom. The molecule has 1 aromatic rings. The largest absolute Gasteiger partial charge is 0.362 e. The zero-order valence-electron chi connectivity index (χ0n) is 9.88. The van der Waals surface area contributed by atoms with Crippen LogP contribution in [0.2, 0.25) is 0 Å². The number of rotatable bonds is 4. The highest BCUT2D eigenvalue weighted by atomic mass is 16.7. The minimum absolute atomic E-state index is 0.00984. The van der Waals surface area contributed by atoms with Gasteiger partial charge in [0.2, 0.25) is 0 Å². The van der Waals surface area contributed by atoms with E-state index < -0.39 is 0 Å². The highest BCUT2D eigenvalue weighted by Gasteiger charge is 2.40. The van der Waals surface area contributed by atoms with Gasteiger partial charge in [-0.25, -0.2) is 0 Å². The standard InChI is InChI=1S/C14H18O3/c1-2-6-11(7-3-1)14-12(17-14)10-16-13-8-4-5-9-15-13/h1-3,6-7,12-14H,4-5,8-10H2/t12-,13?,14-/m0/s1. The molecule has 0 saturated carbocycles. The fraction of sp³-hybridized carbons (Fsp3) is 0.571. The molecule has 0 N–H and O–H groups in total. The van der Waals surface area contributed by atoms with Crippen LogP contribution in [0.3, 0.4) is 0 Å². The van der Waals surface area contributed by atoms with Gasteiger partial charge in [-0.15, -0.1) is 0 Å². The smallest absolute Gasteiger partial charge is 0.157 e. The normalized spacial score (nSPS) is 32.4. The summed E-state index contributed by atoms with van der Waals surface area (Å²) in [6.07, 6.45) is 3.81. The Labute approximate surface area is 102 Å². The van der Waals surface area contributed by atoms with Crippen molar-refractivity contribution in [2.75, 3.05) is 13.2 Å². The number of benzene rings is 1. The second kappa shape index (κ2) is 5.17. The molecule has 2 fully saturated rings. The number of epoxide rings is 1. The van der Waals surface area contributed by atoms with Crippen LogP contribution in [0.15, 0.2) is 30.3 Å². The van der Waals surface area contributed by atoms with Crippen molar-refractivity contribution >= 4 is 0 Å². The number of hydrogen-bond donors (Lipinski definition) is 0. The van der Waals surface area contributed by atoms with Gasteiger partial charge in [0.05, 0.1) is 6.61 Å². The molecule has 0 radical (unpaired) electrons. The molecule has 92 valence electrons. The summed E-state index contributed by atoms with van der Waals surface area (Å²) in [4.78, 5) is 0. The molecule has 3 nitrogen and oxygen atoms in total. The maximum Gasteiger partial charge on any atom is 0.157 e. The van der Waals surface area contributed by atoms with Crippen molar-refractivity contribution in [2.45, 2.75) is 37.8 Å². The van der Waals surface area contributed by atoms with Gasteiger partial charge in [0.15, 0.2) is 6.29 Å². The quantitative estimate of drug-likeness (QED) is 0.750. The molecule has 2 heterocycles. The van der Waals surface area contributed by atoms with Crippen molar-refractivity contribution in [3.63, 3.8) is 0 Å². The van der Waals surface area contributed by atoms with E-state index in [1.165, 1.54) is 12.0 Å². The molecule has 2 saturated heterocycles. The van der Waals surface area contributed by atoms with Crippen LogP contribution in [0.25, 0.3) is 0 Å². The molecule has 0 amide bonds. The van der Waals surface area contributed by atoms with Gasteiger partial charge in [0.25, 0.3) is 0 Å². The lowest BCUT2D eigenvalue weighted by atomic mass is 10.1. The maximum atomic E-state index is 5.71. The van der Waals surface area contributed by atoms with Gasteiger partial charge in [0, 0.05) is 6.61 Å². The van der Waals surface area contributed by atoms with E-state index in [0.717, 1.165) is 19.4 Å². The van der Waals surface area contributed by atoms with Gasteiger partial charge in [0.1, 0.15) is 12.2 Å². The zero-order valence-corrected chi connectivity index (χ0v) is 9.88. The molecule has 17 heavy (non-hydrogen) atoms. The Morgan fingerprint density at radius 1 is 1.18 bits per heavy atom. The van der Waals surface area contributed by atoms with E-state index in [2.05, 4.69) is 12.1 Å². The topological polar surface area (TPSA) is 31.0 Å². The van der Waals surface area contributed by atoms with E-state index in [1.54, 1.807) is 0 Å². The predicted molar refractivity (Wildman–Crippen MR) is 63.6 cm³/mol. The van der Waals surface area contributed by atoms with E-state index in [-0.39, 0.29) is 18.5 Å². The van der Waals surface area contributed by atoms with Crippen molar-refractivity contribution in [1.82, 2.24) is 0 Å². The molecule has 1 aromatic carbocycles. The van der Waals surface area contributed by atoms with Crippen LogP contribution in [-0.2, 0) is 14.2 Å². The van der Waals surface area contributed by atoms with Crippen molar-refractivity contribution in [1.29, 1.82) is 0 Å². The molecule has 0 bridgehead atoms. The van der Waals surface area contributed by atoms with Crippen molar-refractivity contribution in [3.8, 4) is 0 Å². The van der Waals surface area contributed by atoms with Gasteiger partial charge >= 0.3 is 0 Å². The summed E-state index contributed by atoms with van der Waals surface area (Å²) >= 11 is 0. The first-order valence-corrected chi connectivity index (χ1v) is 6.37. The average Bonchev–Trinajstić information content (AvgIpc) is 3.18. The first-order chi connectivity index (χ1) is 8.43. The van der Waals surface area contributed by atoms with Crippen LogP contribution >= 0.6 is 0 Å². The van der Waals surface area contributed by atoms with Gasteiger partial charge in [-0.1, -0.05) is 30.3 Å². The van der Waals surface area contributed by atoms with E-state index in [9.17, 15) is 0 Å². The van der Waals surface area contributed by atoms with Crippen molar-refractivity contribution < 1.29 is 14.2 Å². The minimum atomic E-state index is -0.00984. The van der Waals surface area contributed by atoms with Crippen molar-refractivity contribution in [3.05, 3.63) is 35.9 Å². The zero-order chi connectivity index (χ0) is 11.5. The Bertz CT molecular complexity index is 346. The van der Waals surface area contributed by atoms with E-state index in [0.29, 0.717) is 6.61 Å². The molecule has 3 atom stereocenters. The average molecular weight is 234 g/mol. The highest BCUT2D eigenvalue weighted by Crippen LogP contribution is 2.38. The Hall–Kier alpha value is -0.900. The second-order valence-electron chi connectivity index (χ2n) is 4.64. The molecular formula is C14H18O3. The second-order valence-corrected chi connectivity index (χ2v) is 4.64. The lowest BCUT2D eigenvalue weighted by Crippen LogP contribution is -2.24. The van der Waals surface area contributed by atoms with E-state index in [4.69, 9.17) is 14.2 Å². The number of ether oxygens (including phenoxy) is 3. The SMILES string of the molecule is c1ccc([C@@H]2O[C@H]2COC2CCCCO2)cc1. The lowest BCUT2D eigenvalue weighted by Gasteiger charge is -2.22. The van der Waals surface area contributed by atoms with Gasteiger partial charge in [-0.3, -0.25) is 0 Å². The Kier molecular flexibility index (Phi) is 3.41. The monoisotopic (exact) mass is 234 g/mol. The first-order valence-electron chi connectivity index (χ1n) is 6.37. The third kappa shape index (κ3) is 2.86. The Morgan fingerprint density at radius 2 is 2.06 bits per heavy atom. The molecule has 0 aliphatic carbocycles. The summed E-state index contributed by atoms with van der Waals surface area (Å²) in [5.74, 6) is 0. The summed E-state index contributed by atoms with van der Waals surface area (Å²) < 4.78 is 16.8.